The number of para-hydroxylation sites is 1. The molecule has 12 nitrogen and oxygen atoms in total. The van der Waals surface area contributed by atoms with Crippen LogP contribution in [-0.2, 0) is 32.0 Å². The SMILES string of the molecule is CCC(C)C(N)C(=O)NC(Cc1cnc[nH]1)C(=O)NC(CS)C(=O)NC(Cc1c[nH]c2ccccc12)C(=O)O. The summed E-state index contributed by atoms with van der Waals surface area (Å²) in [6, 6.07) is 3.14. The molecule has 0 bridgehead atoms. The molecule has 3 rings (SSSR count). The van der Waals surface area contributed by atoms with Crippen molar-refractivity contribution in [3.63, 3.8) is 0 Å². The molecule has 0 spiro atoms. The van der Waals surface area contributed by atoms with Gasteiger partial charge in [-0.3, -0.25) is 14.4 Å². The number of carboxylic acid groups (broad SMARTS) is 1. The number of aliphatic carboxylic acids is 1. The number of amides is 3. The van der Waals surface area contributed by atoms with E-state index in [2.05, 4.69) is 43.5 Å². The first-order valence-corrected chi connectivity index (χ1v) is 13.3. The fraction of sp³-hybridized carbons (Fsp3) is 0.423. The number of fused-ring (bicyclic) bond motifs is 1. The first kappa shape index (κ1) is 29.7. The number of thiol groups is 1. The first-order valence-electron chi connectivity index (χ1n) is 12.7. The van der Waals surface area contributed by atoms with Gasteiger partial charge in [0.2, 0.25) is 17.7 Å². The number of aromatic amines is 2. The Kier molecular flexibility index (Phi) is 10.5. The number of carbonyl (C=O) groups is 4. The molecule has 39 heavy (non-hydrogen) atoms. The van der Waals surface area contributed by atoms with E-state index in [9.17, 15) is 24.3 Å². The van der Waals surface area contributed by atoms with Gasteiger partial charge in [0.05, 0.1) is 12.4 Å². The number of nitrogens with two attached hydrogens (primary N) is 1. The Hall–Kier alpha value is -3.84. The third-order valence-corrected chi connectivity index (χ3v) is 7.07. The minimum Gasteiger partial charge on any atom is -0.480 e. The lowest BCUT2D eigenvalue weighted by Gasteiger charge is -2.25. The van der Waals surface area contributed by atoms with E-state index in [1.54, 1.807) is 6.20 Å². The highest BCUT2D eigenvalue weighted by molar-refractivity contribution is 7.80. The van der Waals surface area contributed by atoms with E-state index in [1.807, 2.05) is 38.1 Å². The van der Waals surface area contributed by atoms with Crippen molar-refractivity contribution in [3.05, 3.63) is 54.2 Å². The van der Waals surface area contributed by atoms with Crippen LogP contribution in [0.15, 0.2) is 43.0 Å². The van der Waals surface area contributed by atoms with Crippen LogP contribution in [-0.4, -0.2) is 73.7 Å². The number of H-pyrrole nitrogens is 2. The zero-order valence-corrected chi connectivity index (χ0v) is 22.7. The largest absolute Gasteiger partial charge is 0.480 e. The second-order valence-electron chi connectivity index (χ2n) is 9.46. The number of benzene rings is 1. The predicted molar refractivity (Wildman–Crippen MR) is 149 cm³/mol. The quantitative estimate of drug-likeness (QED) is 0.132. The van der Waals surface area contributed by atoms with Crippen LogP contribution >= 0.6 is 12.6 Å². The van der Waals surface area contributed by atoms with E-state index >= 15 is 0 Å². The van der Waals surface area contributed by atoms with Gasteiger partial charge in [-0.2, -0.15) is 12.6 Å². The van der Waals surface area contributed by atoms with Crippen molar-refractivity contribution >= 4 is 47.2 Å². The molecule has 3 amide bonds. The highest BCUT2D eigenvalue weighted by Gasteiger charge is 2.31. The van der Waals surface area contributed by atoms with Gasteiger partial charge >= 0.3 is 5.97 Å². The lowest BCUT2D eigenvalue weighted by molar-refractivity contribution is -0.142. The molecule has 210 valence electrons. The molecule has 0 aliphatic heterocycles. The van der Waals surface area contributed by atoms with Crippen molar-refractivity contribution in [2.24, 2.45) is 11.7 Å². The van der Waals surface area contributed by atoms with Crippen LogP contribution in [0.1, 0.15) is 31.5 Å². The number of carboxylic acids is 1. The molecule has 5 unspecified atom stereocenters. The highest BCUT2D eigenvalue weighted by atomic mass is 32.1. The normalized spacial score (nSPS) is 15.1. The molecule has 1 aromatic carbocycles. The molecule has 13 heteroatoms. The molecule has 3 aromatic rings. The van der Waals surface area contributed by atoms with E-state index in [-0.39, 0.29) is 24.5 Å². The molecule has 0 radical (unpaired) electrons. The van der Waals surface area contributed by atoms with Crippen molar-refractivity contribution in [3.8, 4) is 0 Å². The Morgan fingerprint density at radius 1 is 1.00 bits per heavy atom. The number of hydrogen-bond donors (Lipinski definition) is 8. The smallest absolute Gasteiger partial charge is 0.326 e. The number of carbonyl (C=O) groups excluding carboxylic acids is 3. The number of nitrogens with zero attached hydrogens (tertiary/aromatic N) is 1. The number of rotatable bonds is 14. The summed E-state index contributed by atoms with van der Waals surface area (Å²) in [4.78, 5) is 60.9. The van der Waals surface area contributed by atoms with E-state index in [4.69, 9.17) is 5.73 Å². The Bertz CT molecular complexity index is 1280. The summed E-state index contributed by atoms with van der Waals surface area (Å²) in [7, 11) is 0. The molecule has 5 atom stereocenters. The molecule has 0 aliphatic carbocycles. The lowest BCUT2D eigenvalue weighted by atomic mass is 9.98. The summed E-state index contributed by atoms with van der Waals surface area (Å²) < 4.78 is 0. The Morgan fingerprint density at radius 2 is 1.67 bits per heavy atom. The number of nitrogens with one attached hydrogen (secondary N) is 5. The van der Waals surface area contributed by atoms with Gasteiger partial charge < -0.3 is 36.8 Å². The van der Waals surface area contributed by atoms with Crippen LogP contribution in [0.25, 0.3) is 10.9 Å². The molecule has 0 saturated carbocycles. The minimum atomic E-state index is -1.25. The molecule has 0 saturated heterocycles. The standard InChI is InChI=1S/C26H35N7O5S/c1-3-14(2)22(27)25(36)31-19(9-16-11-28-13-30-16)23(34)33-21(12-39)24(35)32-20(26(37)38)8-15-10-29-18-7-5-4-6-17(15)18/h4-7,10-11,13-14,19-22,29,39H,3,8-9,12,27H2,1-2H3,(H,28,30)(H,31,36)(H,32,35)(H,33,34)(H,37,38). The second-order valence-corrected chi connectivity index (χ2v) is 9.83. The van der Waals surface area contributed by atoms with Crippen LogP contribution in [0, 0.1) is 5.92 Å². The number of imidazole rings is 1. The second kappa shape index (κ2) is 13.8. The van der Waals surface area contributed by atoms with Crippen LogP contribution in [0.2, 0.25) is 0 Å². The molecule has 0 fully saturated rings. The van der Waals surface area contributed by atoms with Crippen LogP contribution < -0.4 is 21.7 Å². The maximum absolute atomic E-state index is 13.2. The van der Waals surface area contributed by atoms with E-state index in [0.717, 1.165) is 16.5 Å². The molecule has 2 heterocycles. The van der Waals surface area contributed by atoms with Crippen LogP contribution in [0.5, 0.6) is 0 Å². The predicted octanol–water partition coefficient (Wildman–Crippen LogP) is 0.518. The van der Waals surface area contributed by atoms with Crippen molar-refractivity contribution in [2.75, 3.05) is 5.75 Å². The van der Waals surface area contributed by atoms with E-state index < -0.39 is 47.9 Å². The lowest BCUT2D eigenvalue weighted by Crippen LogP contribution is -2.58. The zero-order valence-electron chi connectivity index (χ0n) is 21.8. The Balaban J connectivity index is 1.70. The van der Waals surface area contributed by atoms with Crippen molar-refractivity contribution < 1.29 is 24.3 Å². The van der Waals surface area contributed by atoms with Gasteiger partial charge in [0.25, 0.3) is 0 Å². The van der Waals surface area contributed by atoms with Gasteiger partial charge in [0, 0.05) is 47.6 Å². The average Bonchev–Trinajstić information content (AvgIpc) is 3.59. The van der Waals surface area contributed by atoms with Gasteiger partial charge in [0.1, 0.15) is 18.1 Å². The van der Waals surface area contributed by atoms with Crippen molar-refractivity contribution in [1.29, 1.82) is 0 Å². The maximum Gasteiger partial charge on any atom is 0.326 e. The third kappa shape index (κ3) is 7.83. The molecule has 2 aromatic heterocycles. The topological polar surface area (TPSA) is 195 Å². The zero-order chi connectivity index (χ0) is 28.5. The van der Waals surface area contributed by atoms with Crippen molar-refractivity contribution in [2.45, 2.75) is 57.3 Å². The van der Waals surface area contributed by atoms with Crippen molar-refractivity contribution in [1.82, 2.24) is 30.9 Å². The summed E-state index contributed by atoms with van der Waals surface area (Å²) >= 11 is 4.19. The first-order chi connectivity index (χ1) is 18.6. The molecular weight excluding hydrogens is 522 g/mol. The van der Waals surface area contributed by atoms with Gasteiger partial charge in [-0.25, -0.2) is 9.78 Å². The molecule has 0 aliphatic rings. The van der Waals surface area contributed by atoms with E-state index in [1.165, 1.54) is 12.5 Å². The fourth-order valence-corrected chi connectivity index (χ4v) is 4.32. The maximum atomic E-state index is 13.2. The minimum absolute atomic E-state index is 0.0321. The fourth-order valence-electron chi connectivity index (χ4n) is 4.07. The summed E-state index contributed by atoms with van der Waals surface area (Å²) in [5.74, 6) is -3.29. The average molecular weight is 558 g/mol. The van der Waals surface area contributed by atoms with E-state index in [0.29, 0.717) is 12.1 Å². The summed E-state index contributed by atoms with van der Waals surface area (Å²) in [6.45, 7) is 3.75. The summed E-state index contributed by atoms with van der Waals surface area (Å²) in [5, 5.41) is 18.4. The molecular formula is C26H35N7O5S. The summed E-state index contributed by atoms with van der Waals surface area (Å²) in [6.07, 6.45) is 5.45. The Labute approximate surface area is 231 Å². The Morgan fingerprint density at radius 3 is 2.31 bits per heavy atom. The van der Waals surface area contributed by atoms with Gasteiger partial charge in [-0.15, -0.1) is 0 Å². The van der Waals surface area contributed by atoms with Gasteiger partial charge in [-0.1, -0.05) is 38.5 Å². The number of hydrogen-bond acceptors (Lipinski definition) is 7. The van der Waals surface area contributed by atoms with Crippen LogP contribution in [0.4, 0.5) is 0 Å². The summed E-state index contributed by atoms with van der Waals surface area (Å²) in [5.41, 5.74) is 8.21. The number of aromatic nitrogens is 3. The third-order valence-electron chi connectivity index (χ3n) is 6.70. The van der Waals surface area contributed by atoms with Crippen LogP contribution in [0.3, 0.4) is 0 Å². The molecule has 8 N–H and O–H groups in total. The van der Waals surface area contributed by atoms with Gasteiger partial charge in [-0.05, 0) is 17.5 Å². The highest BCUT2D eigenvalue weighted by Crippen LogP contribution is 2.19. The van der Waals surface area contributed by atoms with Gasteiger partial charge in [0.15, 0.2) is 0 Å². The monoisotopic (exact) mass is 557 g/mol.